The van der Waals surface area contributed by atoms with Crippen molar-refractivity contribution in [1.82, 2.24) is 0 Å². The number of carbonyl (C=O) groups excluding carboxylic acids is 3. The number of hydrogen-bond donors (Lipinski definition) is 11. The Morgan fingerprint density at radius 3 is 1.04 bits per heavy atom. The van der Waals surface area contributed by atoms with Crippen molar-refractivity contribution in [3.8, 4) is 0 Å². The molecule has 0 amide bonds. The monoisotopic (exact) mass is 1370 g/mol. The standard InChI is InChI=1S/C69H129O24P/c1-4-7-10-13-16-19-22-24-25-27-30-32-35-38-41-44-54(72)86-49-52-57(75)59(77)64(82)69(90-52)92-66-62(80)60(78)61(79)65(91-68-63(81)58(76)56(74)51(46-70)89-68)67(66)93-94(83,84)87-48-50(88-55(73)45-42-39-36-33-28-21-18-15-12-9-6-3)47-85-53(71)43-40-37-34-31-29-26-23-20-17-14-11-8-5-2/h50-52,56-70,74-82H,4-49H2,1-3H3,(H,83,84). The van der Waals surface area contributed by atoms with Crippen molar-refractivity contribution in [2.24, 2.45) is 0 Å². The molecule has 1 aliphatic carbocycles. The van der Waals surface area contributed by atoms with E-state index in [2.05, 4.69) is 20.8 Å². The van der Waals surface area contributed by atoms with Crippen LogP contribution in [0.3, 0.4) is 0 Å². The Balaban J connectivity index is 1.73. The molecule has 1 saturated carbocycles. The highest BCUT2D eigenvalue weighted by atomic mass is 31.2. The quantitative estimate of drug-likeness (QED) is 0.0117. The number of phosphoric acid groups is 1. The Bertz CT molecular complexity index is 1960. The normalized spacial score (nSPS) is 28.2. The summed E-state index contributed by atoms with van der Waals surface area (Å²) >= 11 is 0. The molecule has 3 rings (SSSR count). The van der Waals surface area contributed by atoms with Crippen LogP contribution in [0.1, 0.15) is 290 Å². The van der Waals surface area contributed by atoms with Gasteiger partial charge in [-0.2, -0.15) is 0 Å². The van der Waals surface area contributed by atoms with Gasteiger partial charge in [-0.3, -0.25) is 23.4 Å². The van der Waals surface area contributed by atoms with Crippen LogP contribution in [0.4, 0.5) is 0 Å². The Labute approximate surface area is 561 Å². The van der Waals surface area contributed by atoms with Gasteiger partial charge in [0.25, 0.3) is 0 Å². The van der Waals surface area contributed by atoms with Crippen molar-refractivity contribution in [2.45, 2.75) is 395 Å². The molecule has 11 N–H and O–H groups in total. The van der Waals surface area contributed by atoms with Gasteiger partial charge in [0.1, 0.15) is 98.7 Å². The molecule has 0 spiro atoms. The van der Waals surface area contributed by atoms with Crippen molar-refractivity contribution in [1.29, 1.82) is 0 Å². The first-order valence-electron chi connectivity index (χ1n) is 36.8. The molecule has 2 heterocycles. The first kappa shape index (κ1) is 86.2. The summed E-state index contributed by atoms with van der Waals surface area (Å²) in [4.78, 5) is 50.8. The SMILES string of the molecule is CCCCCCCCCCCCCCCCCC(=O)OCC1OC(OC2C(O)C(O)C(O)C(OC3OC(CO)C(O)C(O)C3O)C2OP(=O)(O)OCC(COC(=O)CCCCCCCCCCCCCCC)OC(=O)CCCCCCCCCCCCC)C(O)C(O)C1O. The topological polar surface area (TPSA) is 374 Å². The van der Waals surface area contributed by atoms with Crippen LogP contribution in [0, 0.1) is 0 Å². The van der Waals surface area contributed by atoms with Gasteiger partial charge >= 0.3 is 25.7 Å². The fraction of sp³-hybridized carbons (Fsp3) is 0.957. The van der Waals surface area contributed by atoms with Gasteiger partial charge in [0.05, 0.1) is 13.2 Å². The minimum Gasteiger partial charge on any atom is -0.463 e. The number of carbonyl (C=O) groups is 3. The van der Waals surface area contributed by atoms with Crippen LogP contribution in [0.15, 0.2) is 0 Å². The zero-order chi connectivity index (χ0) is 68.9. The van der Waals surface area contributed by atoms with Crippen LogP contribution >= 0.6 is 7.82 Å². The molecule has 94 heavy (non-hydrogen) atoms. The van der Waals surface area contributed by atoms with Crippen molar-refractivity contribution in [3.63, 3.8) is 0 Å². The van der Waals surface area contributed by atoms with Gasteiger partial charge in [-0.05, 0) is 19.3 Å². The molecule has 0 aromatic heterocycles. The zero-order valence-corrected chi connectivity index (χ0v) is 58.4. The average molecular weight is 1370 g/mol. The maximum atomic E-state index is 14.3. The maximum Gasteiger partial charge on any atom is 0.472 e. The van der Waals surface area contributed by atoms with Crippen LogP contribution in [0.5, 0.6) is 0 Å². The summed E-state index contributed by atoms with van der Waals surface area (Å²) in [6, 6.07) is 0. The van der Waals surface area contributed by atoms with Crippen molar-refractivity contribution < 1.29 is 117 Å². The number of ether oxygens (including phenoxy) is 7. The molecule has 2 saturated heterocycles. The van der Waals surface area contributed by atoms with E-state index < -0.39 is 156 Å². The number of rotatable bonds is 57. The number of aliphatic hydroxyl groups excluding tert-OH is 10. The van der Waals surface area contributed by atoms with Gasteiger partial charge in [0, 0.05) is 19.3 Å². The molecule has 3 aliphatic rings. The molecule has 18 unspecified atom stereocenters. The highest BCUT2D eigenvalue weighted by Gasteiger charge is 2.58. The van der Waals surface area contributed by atoms with Gasteiger partial charge in [0.15, 0.2) is 18.7 Å². The number of aliphatic hydroxyl groups is 10. The van der Waals surface area contributed by atoms with E-state index >= 15 is 0 Å². The number of esters is 3. The van der Waals surface area contributed by atoms with Gasteiger partial charge in [-0.15, -0.1) is 0 Å². The van der Waals surface area contributed by atoms with Crippen molar-refractivity contribution >= 4 is 25.7 Å². The molecular weight excluding hydrogens is 1240 g/mol. The summed E-state index contributed by atoms with van der Waals surface area (Å²) in [6.45, 7) is 3.44. The Hall–Kier alpha value is -2.04. The highest BCUT2D eigenvalue weighted by molar-refractivity contribution is 7.47. The molecule has 2 aliphatic heterocycles. The molecule has 24 nitrogen and oxygen atoms in total. The Morgan fingerprint density at radius 1 is 0.372 bits per heavy atom. The third-order valence-corrected chi connectivity index (χ3v) is 19.4. The molecule has 0 aromatic carbocycles. The Kier molecular flexibility index (Phi) is 47.7. The number of unbranched alkanes of at least 4 members (excludes halogenated alkanes) is 36. The third-order valence-electron chi connectivity index (χ3n) is 18.4. The van der Waals surface area contributed by atoms with E-state index in [-0.39, 0.29) is 19.3 Å². The predicted octanol–water partition coefficient (Wildman–Crippen LogP) is 9.40. The molecule has 25 heteroatoms. The maximum absolute atomic E-state index is 14.3. The molecule has 0 radical (unpaired) electrons. The van der Waals surface area contributed by atoms with Gasteiger partial charge in [-0.25, -0.2) is 4.57 Å². The van der Waals surface area contributed by atoms with E-state index in [9.17, 15) is 74.9 Å². The van der Waals surface area contributed by atoms with Crippen LogP contribution in [-0.2, 0) is 61.2 Å². The summed E-state index contributed by atoms with van der Waals surface area (Å²) in [5.41, 5.74) is 0. The largest absolute Gasteiger partial charge is 0.472 e. The number of hydrogen-bond acceptors (Lipinski definition) is 23. The fourth-order valence-corrected chi connectivity index (χ4v) is 13.3. The van der Waals surface area contributed by atoms with Crippen molar-refractivity contribution in [3.05, 3.63) is 0 Å². The summed E-state index contributed by atoms with van der Waals surface area (Å²) in [6.07, 6.45) is 7.60. The first-order valence-corrected chi connectivity index (χ1v) is 38.3. The van der Waals surface area contributed by atoms with Crippen molar-refractivity contribution in [2.75, 3.05) is 26.4 Å². The average Bonchev–Trinajstić information content (AvgIpc) is 0.768. The lowest BCUT2D eigenvalue weighted by molar-refractivity contribution is -0.360. The summed E-state index contributed by atoms with van der Waals surface area (Å²) in [7, 11) is -5.68. The summed E-state index contributed by atoms with van der Waals surface area (Å²) < 4.78 is 64.9. The molecule has 554 valence electrons. The third kappa shape index (κ3) is 35.3. The van der Waals surface area contributed by atoms with Crippen LogP contribution in [0.25, 0.3) is 0 Å². The van der Waals surface area contributed by atoms with Gasteiger partial charge < -0.3 is 89.1 Å². The minimum atomic E-state index is -5.68. The molecule has 0 bridgehead atoms. The van der Waals surface area contributed by atoms with E-state index in [1.165, 1.54) is 141 Å². The second-order valence-corrected chi connectivity index (χ2v) is 28.1. The molecular formula is C69H129O24P. The zero-order valence-electron chi connectivity index (χ0n) is 57.5. The fourth-order valence-electron chi connectivity index (χ4n) is 12.3. The van der Waals surface area contributed by atoms with Gasteiger partial charge in [0.2, 0.25) is 0 Å². The molecule has 18 atom stereocenters. The van der Waals surface area contributed by atoms with E-state index in [0.717, 1.165) is 89.9 Å². The second-order valence-electron chi connectivity index (χ2n) is 26.7. The predicted molar refractivity (Wildman–Crippen MR) is 352 cm³/mol. The lowest BCUT2D eigenvalue weighted by Crippen LogP contribution is -2.69. The lowest BCUT2D eigenvalue weighted by Gasteiger charge is -2.49. The highest BCUT2D eigenvalue weighted by Crippen LogP contribution is 2.49. The van der Waals surface area contributed by atoms with E-state index in [4.69, 9.17) is 42.2 Å². The summed E-state index contributed by atoms with van der Waals surface area (Å²) in [5, 5.41) is 110. The van der Waals surface area contributed by atoms with E-state index in [1.54, 1.807) is 0 Å². The molecule has 0 aromatic rings. The Morgan fingerprint density at radius 2 is 0.681 bits per heavy atom. The van der Waals surface area contributed by atoms with Crippen LogP contribution in [-0.4, -0.2) is 204 Å². The second kappa shape index (κ2) is 52.0. The van der Waals surface area contributed by atoms with Crippen LogP contribution < -0.4 is 0 Å². The molecule has 3 fully saturated rings. The number of phosphoric ester groups is 1. The smallest absolute Gasteiger partial charge is 0.463 e. The lowest BCUT2D eigenvalue weighted by atomic mass is 9.84. The minimum absolute atomic E-state index is 0.0338. The van der Waals surface area contributed by atoms with E-state index in [1.807, 2.05) is 0 Å². The summed E-state index contributed by atoms with van der Waals surface area (Å²) in [5.74, 6) is -1.98. The van der Waals surface area contributed by atoms with Crippen LogP contribution in [0.2, 0.25) is 0 Å². The first-order chi connectivity index (χ1) is 45.3. The van der Waals surface area contributed by atoms with E-state index in [0.29, 0.717) is 19.3 Å². The van der Waals surface area contributed by atoms with Gasteiger partial charge in [-0.1, -0.05) is 252 Å².